The minimum absolute atomic E-state index is 0.138. The first kappa shape index (κ1) is 23.9. The Kier molecular flexibility index (Phi) is 6.93. The highest BCUT2D eigenvalue weighted by molar-refractivity contribution is 5.94. The number of hydrogen-bond acceptors (Lipinski definition) is 5. The first-order valence-electron chi connectivity index (χ1n) is 12.7. The summed E-state index contributed by atoms with van der Waals surface area (Å²) in [5.74, 6) is 1.16. The minimum atomic E-state index is -0.397. The first-order valence-corrected chi connectivity index (χ1v) is 12.7. The fourth-order valence-electron chi connectivity index (χ4n) is 4.77. The van der Waals surface area contributed by atoms with E-state index in [0.717, 1.165) is 66.3 Å². The summed E-state index contributed by atoms with van der Waals surface area (Å²) < 4.78 is 15.6. The number of hydrogen-bond donors (Lipinski definition) is 0. The van der Waals surface area contributed by atoms with Gasteiger partial charge in [0.25, 0.3) is 5.91 Å². The predicted octanol–water partition coefficient (Wildman–Crippen LogP) is 4.96. The van der Waals surface area contributed by atoms with Crippen molar-refractivity contribution in [2.75, 3.05) is 31.1 Å². The molecule has 0 spiro atoms. The lowest BCUT2D eigenvalue weighted by Gasteiger charge is -2.24. The Balaban J connectivity index is 1.49. The fraction of sp³-hybridized carbons (Fsp3) is 0.357. The van der Waals surface area contributed by atoms with E-state index in [2.05, 4.69) is 11.8 Å². The molecular formula is C28H31FN6O. The molecular weight excluding hydrogens is 455 g/mol. The molecule has 1 fully saturated rings. The molecule has 1 amide bonds. The molecule has 186 valence electrons. The number of aromatic nitrogens is 4. The Bertz CT molecular complexity index is 1370. The summed E-state index contributed by atoms with van der Waals surface area (Å²) in [4.78, 5) is 27.1. The van der Waals surface area contributed by atoms with E-state index in [1.807, 2.05) is 46.8 Å². The predicted molar refractivity (Wildman–Crippen MR) is 139 cm³/mol. The van der Waals surface area contributed by atoms with Crippen LogP contribution in [-0.4, -0.2) is 56.7 Å². The highest BCUT2D eigenvalue weighted by Gasteiger charge is 2.25. The largest absolute Gasteiger partial charge is 0.354 e. The molecule has 4 aromatic rings. The molecule has 5 rings (SSSR count). The zero-order valence-electron chi connectivity index (χ0n) is 20.8. The van der Waals surface area contributed by atoms with Crippen LogP contribution in [0.5, 0.6) is 0 Å². The molecule has 36 heavy (non-hydrogen) atoms. The molecule has 1 aliphatic rings. The standard InChI is InChI=1S/C28H31FN6O/c1-3-4-14-24-30-26(25-20(2)32-35(27(25)31-24)23-12-6-5-7-13-23)33-15-9-16-34(18-17-33)28(36)21-10-8-11-22(29)19-21/h5-8,10-13,19H,3-4,9,14-18H2,1-2H3. The summed E-state index contributed by atoms with van der Waals surface area (Å²) in [6.45, 7) is 6.72. The van der Waals surface area contributed by atoms with Crippen molar-refractivity contribution in [2.45, 2.75) is 39.5 Å². The van der Waals surface area contributed by atoms with Crippen molar-refractivity contribution in [3.05, 3.63) is 77.5 Å². The van der Waals surface area contributed by atoms with Crippen LogP contribution in [0.3, 0.4) is 0 Å². The number of anilines is 1. The summed E-state index contributed by atoms with van der Waals surface area (Å²) in [6.07, 6.45) is 3.67. The van der Waals surface area contributed by atoms with Crippen LogP contribution in [-0.2, 0) is 6.42 Å². The van der Waals surface area contributed by atoms with Crippen LogP contribution in [0.25, 0.3) is 16.7 Å². The normalized spacial score (nSPS) is 14.3. The van der Waals surface area contributed by atoms with Crippen LogP contribution in [0.1, 0.15) is 48.1 Å². The fourth-order valence-corrected chi connectivity index (χ4v) is 4.77. The van der Waals surface area contributed by atoms with Crippen LogP contribution < -0.4 is 4.90 Å². The van der Waals surface area contributed by atoms with E-state index >= 15 is 0 Å². The van der Waals surface area contributed by atoms with Gasteiger partial charge in [0.2, 0.25) is 0 Å². The van der Waals surface area contributed by atoms with Crippen LogP contribution in [0, 0.1) is 12.7 Å². The Morgan fingerprint density at radius 1 is 1.00 bits per heavy atom. The van der Waals surface area contributed by atoms with Crippen molar-refractivity contribution in [2.24, 2.45) is 0 Å². The molecule has 0 N–H and O–H groups in total. The van der Waals surface area contributed by atoms with Crippen molar-refractivity contribution in [3.8, 4) is 5.69 Å². The summed E-state index contributed by atoms with van der Waals surface area (Å²) in [5.41, 5.74) is 3.04. The quantitative estimate of drug-likeness (QED) is 0.385. The van der Waals surface area contributed by atoms with Gasteiger partial charge in [-0.3, -0.25) is 4.79 Å². The highest BCUT2D eigenvalue weighted by Crippen LogP contribution is 2.30. The topological polar surface area (TPSA) is 67.2 Å². The van der Waals surface area contributed by atoms with Crippen molar-refractivity contribution in [1.82, 2.24) is 24.6 Å². The number of aryl methyl sites for hydroxylation is 2. The highest BCUT2D eigenvalue weighted by atomic mass is 19.1. The van der Waals surface area contributed by atoms with Gasteiger partial charge in [0.15, 0.2) is 5.65 Å². The average Bonchev–Trinajstić information content (AvgIpc) is 3.06. The minimum Gasteiger partial charge on any atom is -0.354 e. The molecule has 7 nitrogen and oxygen atoms in total. The molecule has 3 heterocycles. The number of amides is 1. The van der Waals surface area contributed by atoms with Gasteiger partial charge < -0.3 is 9.80 Å². The van der Waals surface area contributed by atoms with Gasteiger partial charge in [0.05, 0.1) is 16.8 Å². The molecule has 2 aromatic carbocycles. The van der Waals surface area contributed by atoms with Crippen LogP contribution in [0.15, 0.2) is 54.6 Å². The molecule has 8 heteroatoms. The number of carbonyl (C=O) groups excluding carboxylic acids is 1. The van der Waals surface area contributed by atoms with Gasteiger partial charge in [-0.1, -0.05) is 37.6 Å². The summed E-state index contributed by atoms with van der Waals surface area (Å²) >= 11 is 0. The Morgan fingerprint density at radius 3 is 2.61 bits per heavy atom. The van der Waals surface area contributed by atoms with Gasteiger partial charge in [-0.15, -0.1) is 0 Å². The number of fused-ring (bicyclic) bond motifs is 1. The lowest BCUT2D eigenvalue weighted by molar-refractivity contribution is 0.0766. The van der Waals surface area contributed by atoms with Gasteiger partial charge >= 0.3 is 0 Å². The Morgan fingerprint density at radius 2 is 1.83 bits per heavy atom. The Labute approximate surface area is 210 Å². The maximum Gasteiger partial charge on any atom is 0.254 e. The molecule has 0 aliphatic carbocycles. The van der Waals surface area contributed by atoms with Crippen molar-refractivity contribution < 1.29 is 9.18 Å². The number of carbonyl (C=O) groups is 1. The maximum absolute atomic E-state index is 13.7. The van der Waals surface area contributed by atoms with Crippen LogP contribution in [0.4, 0.5) is 10.2 Å². The van der Waals surface area contributed by atoms with Gasteiger partial charge in [0, 0.05) is 38.2 Å². The SMILES string of the molecule is CCCCc1nc(N2CCCN(C(=O)c3cccc(F)c3)CC2)c2c(C)nn(-c3ccccc3)c2n1. The third-order valence-electron chi connectivity index (χ3n) is 6.64. The zero-order valence-corrected chi connectivity index (χ0v) is 20.8. The average molecular weight is 487 g/mol. The van der Waals surface area contributed by atoms with E-state index in [1.54, 1.807) is 12.1 Å². The number of halogens is 1. The van der Waals surface area contributed by atoms with E-state index in [-0.39, 0.29) is 5.91 Å². The van der Waals surface area contributed by atoms with Gasteiger partial charge in [-0.05, 0) is 50.1 Å². The second-order valence-corrected chi connectivity index (χ2v) is 9.24. The van der Waals surface area contributed by atoms with E-state index in [1.165, 1.54) is 12.1 Å². The second kappa shape index (κ2) is 10.4. The molecule has 0 unspecified atom stereocenters. The van der Waals surface area contributed by atoms with Crippen molar-refractivity contribution >= 4 is 22.8 Å². The summed E-state index contributed by atoms with van der Waals surface area (Å²) in [7, 11) is 0. The molecule has 0 atom stereocenters. The monoisotopic (exact) mass is 486 g/mol. The van der Waals surface area contributed by atoms with Crippen LogP contribution >= 0.6 is 0 Å². The Hall–Kier alpha value is -3.81. The summed E-state index contributed by atoms with van der Waals surface area (Å²) in [5, 5.41) is 5.79. The van der Waals surface area contributed by atoms with E-state index in [0.29, 0.717) is 25.2 Å². The number of para-hydroxylation sites is 1. The molecule has 0 radical (unpaired) electrons. The third kappa shape index (κ3) is 4.80. The molecule has 0 bridgehead atoms. The number of benzene rings is 2. The van der Waals surface area contributed by atoms with Crippen molar-refractivity contribution in [3.63, 3.8) is 0 Å². The van der Waals surface area contributed by atoms with E-state index in [4.69, 9.17) is 15.1 Å². The molecule has 1 saturated heterocycles. The van der Waals surface area contributed by atoms with E-state index < -0.39 is 5.82 Å². The number of nitrogens with zero attached hydrogens (tertiary/aromatic N) is 6. The van der Waals surface area contributed by atoms with Crippen molar-refractivity contribution in [1.29, 1.82) is 0 Å². The smallest absolute Gasteiger partial charge is 0.254 e. The number of unbranched alkanes of at least 4 members (excludes halogenated alkanes) is 1. The van der Waals surface area contributed by atoms with Gasteiger partial charge in [0.1, 0.15) is 17.5 Å². The molecule has 1 aliphatic heterocycles. The van der Waals surface area contributed by atoms with Gasteiger partial charge in [-0.2, -0.15) is 5.10 Å². The second-order valence-electron chi connectivity index (χ2n) is 9.24. The molecule has 2 aromatic heterocycles. The maximum atomic E-state index is 13.7. The summed E-state index contributed by atoms with van der Waals surface area (Å²) in [6, 6.07) is 16.0. The zero-order chi connectivity index (χ0) is 25.1. The van der Waals surface area contributed by atoms with Crippen LogP contribution in [0.2, 0.25) is 0 Å². The lowest BCUT2D eigenvalue weighted by Crippen LogP contribution is -2.35. The lowest BCUT2D eigenvalue weighted by atomic mass is 10.2. The molecule has 0 saturated carbocycles. The van der Waals surface area contributed by atoms with Gasteiger partial charge in [-0.25, -0.2) is 19.0 Å². The third-order valence-corrected chi connectivity index (χ3v) is 6.64. The van der Waals surface area contributed by atoms with E-state index in [9.17, 15) is 9.18 Å². The number of rotatable bonds is 6. The first-order chi connectivity index (χ1) is 17.5.